The van der Waals surface area contributed by atoms with Crippen molar-refractivity contribution in [3.63, 3.8) is 0 Å². The van der Waals surface area contributed by atoms with Crippen molar-refractivity contribution in [3.8, 4) is 0 Å². The smallest absolute Gasteiger partial charge is 0.256 e. The van der Waals surface area contributed by atoms with Crippen molar-refractivity contribution in [3.05, 3.63) is 51.4 Å². The highest BCUT2D eigenvalue weighted by molar-refractivity contribution is 7.91. The molecule has 0 radical (unpaired) electrons. The van der Waals surface area contributed by atoms with Crippen LogP contribution in [0, 0.1) is 12.8 Å². The van der Waals surface area contributed by atoms with Gasteiger partial charge >= 0.3 is 0 Å². The van der Waals surface area contributed by atoms with E-state index >= 15 is 0 Å². The predicted molar refractivity (Wildman–Crippen MR) is 119 cm³/mol. The normalized spacial score (nSPS) is 22.3. The Morgan fingerprint density at radius 2 is 1.90 bits per heavy atom. The Hall–Kier alpha value is -2.19. The molecule has 2 N–H and O–H groups in total. The summed E-state index contributed by atoms with van der Waals surface area (Å²) in [4.78, 5) is 27.2. The van der Waals surface area contributed by atoms with E-state index in [2.05, 4.69) is 17.6 Å². The van der Waals surface area contributed by atoms with Crippen LogP contribution in [0.2, 0.25) is 0 Å². The lowest BCUT2D eigenvalue weighted by Gasteiger charge is -2.19. The number of hydrogen-bond donors (Lipinski definition) is 2. The van der Waals surface area contributed by atoms with E-state index in [4.69, 9.17) is 0 Å². The average Bonchev–Trinajstić information content (AvgIpc) is 3.20. The standard InChI is InChI=1S/C22H26N2O4S2/c1-13-7-8-17-18(11-13)29-22(24-20(25)16-6-4-3-5-14(16)2)19(17)21(26)23-15-9-10-30(27,28)12-15/h3-6,13,15H,7-12H2,1-2H3,(H,23,26)(H,24,25). The van der Waals surface area contributed by atoms with Crippen LogP contribution in [0.3, 0.4) is 0 Å². The third kappa shape index (κ3) is 4.30. The maximum atomic E-state index is 13.2. The fourth-order valence-electron chi connectivity index (χ4n) is 4.24. The van der Waals surface area contributed by atoms with Crippen molar-refractivity contribution in [2.75, 3.05) is 16.8 Å². The zero-order valence-electron chi connectivity index (χ0n) is 17.2. The van der Waals surface area contributed by atoms with Gasteiger partial charge in [0, 0.05) is 16.5 Å². The van der Waals surface area contributed by atoms with E-state index in [1.807, 2.05) is 25.1 Å². The molecular weight excluding hydrogens is 420 g/mol. The number of carbonyl (C=O) groups excluding carboxylic acids is 2. The maximum Gasteiger partial charge on any atom is 0.256 e. The number of nitrogens with one attached hydrogen (secondary N) is 2. The maximum absolute atomic E-state index is 13.2. The minimum atomic E-state index is -3.09. The number of carbonyl (C=O) groups is 2. The molecule has 2 amide bonds. The average molecular weight is 447 g/mol. The first-order valence-electron chi connectivity index (χ1n) is 10.3. The molecule has 1 aliphatic heterocycles. The van der Waals surface area contributed by atoms with Crippen molar-refractivity contribution < 1.29 is 18.0 Å². The quantitative estimate of drug-likeness (QED) is 0.753. The summed E-state index contributed by atoms with van der Waals surface area (Å²) < 4.78 is 23.5. The van der Waals surface area contributed by atoms with Gasteiger partial charge in [0.2, 0.25) is 0 Å². The minimum absolute atomic E-state index is 0.0208. The van der Waals surface area contributed by atoms with E-state index in [1.54, 1.807) is 6.07 Å². The monoisotopic (exact) mass is 446 g/mol. The summed E-state index contributed by atoms with van der Waals surface area (Å²) in [7, 11) is -3.09. The van der Waals surface area contributed by atoms with Crippen molar-refractivity contribution in [2.24, 2.45) is 5.92 Å². The summed E-state index contributed by atoms with van der Waals surface area (Å²) >= 11 is 1.47. The third-order valence-corrected chi connectivity index (χ3v) is 8.86. The van der Waals surface area contributed by atoms with E-state index in [0.717, 1.165) is 35.3 Å². The Bertz CT molecular complexity index is 1100. The number of benzene rings is 1. The van der Waals surface area contributed by atoms with Crippen LogP contribution in [-0.2, 0) is 22.7 Å². The fraction of sp³-hybridized carbons (Fsp3) is 0.455. The molecule has 1 aromatic carbocycles. The molecule has 0 spiro atoms. The molecule has 2 heterocycles. The number of thiophene rings is 1. The molecule has 6 nitrogen and oxygen atoms in total. The summed E-state index contributed by atoms with van der Waals surface area (Å²) in [5, 5.41) is 6.42. The Morgan fingerprint density at radius 3 is 2.60 bits per heavy atom. The van der Waals surface area contributed by atoms with E-state index < -0.39 is 9.84 Å². The highest BCUT2D eigenvalue weighted by Crippen LogP contribution is 2.40. The van der Waals surface area contributed by atoms with Gasteiger partial charge in [0.15, 0.2) is 9.84 Å². The van der Waals surface area contributed by atoms with Crippen LogP contribution >= 0.6 is 11.3 Å². The van der Waals surface area contributed by atoms with Crippen LogP contribution in [0.15, 0.2) is 24.3 Å². The number of sulfone groups is 1. The molecule has 1 fully saturated rings. The van der Waals surface area contributed by atoms with Crippen molar-refractivity contribution in [1.29, 1.82) is 0 Å². The van der Waals surface area contributed by atoms with Crippen LogP contribution in [0.25, 0.3) is 0 Å². The minimum Gasteiger partial charge on any atom is -0.348 e. The largest absolute Gasteiger partial charge is 0.348 e. The molecule has 0 bridgehead atoms. The molecule has 1 aromatic heterocycles. The topological polar surface area (TPSA) is 92.3 Å². The first-order valence-corrected chi connectivity index (χ1v) is 12.9. The predicted octanol–water partition coefficient (Wildman–Crippen LogP) is 3.35. The molecule has 1 aliphatic carbocycles. The Balaban J connectivity index is 1.64. The number of aryl methyl sites for hydroxylation is 1. The zero-order valence-corrected chi connectivity index (χ0v) is 18.8. The van der Waals surface area contributed by atoms with E-state index in [-0.39, 0.29) is 29.4 Å². The highest BCUT2D eigenvalue weighted by Gasteiger charge is 2.33. The van der Waals surface area contributed by atoms with Crippen molar-refractivity contribution >= 4 is 38.0 Å². The van der Waals surface area contributed by atoms with Crippen LogP contribution in [0.4, 0.5) is 5.00 Å². The molecular formula is C22H26N2O4S2. The fourth-order valence-corrected chi connectivity index (χ4v) is 7.32. The number of anilines is 1. The first kappa shape index (κ1) is 21.1. The second-order valence-electron chi connectivity index (χ2n) is 8.40. The lowest BCUT2D eigenvalue weighted by Crippen LogP contribution is -2.36. The SMILES string of the molecule is Cc1ccccc1C(=O)Nc1sc2c(c1C(=O)NC1CCS(=O)(=O)C1)CCC(C)C2. The Kier molecular flexibility index (Phi) is 5.72. The second-order valence-corrected chi connectivity index (χ2v) is 11.7. The number of rotatable bonds is 4. The molecule has 2 unspecified atom stereocenters. The summed E-state index contributed by atoms with van der Waals surface area (Å²) in [5.41, 5.74) is 2.95. The number of hydrogen-bond acceptors (Lipinski definition) is 5. The molecule has 2 atom stereocenters. The number of fused-ring (bicyclic) bond motifs is 1. The van der Waals surface area contributed by atoms with Gasteiger partial charge in [-0.3, -0.25) is 9.59 Å². The summed E-state index contributed by atoms with van der Waals surface area (Å²) in [6.07, 6.45) is 3.10. The Morgan fingerprint density at radius 1 is 1.13 bits per heavy atom. The molecule has 2 aliphatic rings. The molecule has 1 saturated heterocycles. The lowest BCUT2D eigenvalue weighted by atomic mass is 9.88. The van der Waals surface area contributed by atoms with Gasteiger partial charge in [0.05, 0.1) is 17.1 Å². The van der Waals surface area contributed by atoms with Gasteiger partial charge < -0.3 is 10.6 Å². The first-order chi connectivity index (χ1) is 14.2. The molecule has 2 aromatic rings. The number of amides is 2. The van der Waals surface area contributed by atoms with Gasteiger partial charge in [-0.25, -0.2) is 8.42 Å². The lowest BCUT2D eigenvalue weighted by molar-refractivity contribution is 0.0941. The summed E-state index contributed by atoms with van der Waals surface area (Å²) in [6, 6.07) is 6.97. The van der Waals surface area contributed by atoms with Crippen LogP contribution < -0.4 is 10.6 Å². The van der Waals surface area contributed by atoms with E-state index in [0.29, 0.717) is 28.5 Å². The summed E-state index contributed by atoms with van der Waals surface area (Å²) in [6.45, 7) is 4.07. The molecule has 4 rings (SSSR count). The molecule has 0 saturated carbocycles. The third-order valence-electron chi connectivity index (χ3n) is 5.92. The van der Waals surface area contributed by atoms with Gasteiger partial charge in [-0.1, -0.05) is 25.1 Å². The van der Waals surface area contributed by atoms with Gasteiger partial charge in [-0.05, 0) is 55.7 Å². The highest BCUT2D eigenvalue weighted by atomic mass is 32.2. The van der Waals surface area contributed by atoms with Gasteiger partial charge in [-0.15, -0.1) is 11.3 Å². The van der Waals surface area contributed by atoms with E-state index in [1.165, 1.54) is 11.3 Å². The van der Waals surface area contributed by atoms with E-state index in [9.17, 15) is 18.0 Å². The molecule has 30 heavy (non-hydrogen) atoms. The molecule has 8 heteroatoms. The van der Waals surface area contributed by atoms with Gasteiger partial charge in [0.25, 0.3) is 11.8 Å². The molecule has 160 valence electrons. The van der Waals surface area contributed by atoms with Crippen LogP contribution in [0.5, 0.6) is 0 Å². The van der Waals surface area contributed by atoms with Gasteiger partial charge in [0.1, 0.15) is 5.00 Å². The van der Waals surface area contributed by atoms with Gasteiger partial charge in [-0.2, -0.15) is 0 Å². The van der Waals surface area contributed by atoms with Crippen LogP contribution in [-0.4, -0.2) is 37.8 Å². The second kappa shape index (κ2) is 8.15. The zero-order chi connectivity index (χ0) is 21.5. The van der Waals surface area contributed by atoms with Crippen molar-refractivity contribution in [1.82, 2.24) is 5.32 Å². The Labute approximate surface area is 181 Å². The van der Waals surface area contributed by atoms with Crippen molar-refractivity contribution in [2.45, 2.75) is 45.6 Å². The van der Waals surface area contributed by atoms with Crippen LogP contribution in [0.1, 0.15) is 56.5 Å². The summed E-state index contributed by atoms with van der Waals surface area (Å²) in [5.74, 6) is 0.0922.